The largest absolute Gasteiger partial charge is 0.497 e. The third-order valence-electron chi connectivity index (χ3n) is 4.98. The maximum Gasteiger partial charge on any atom is 0.238 e. The average Bonchev–Trinajstić information content (AvgIpc) is 2.58. The van der Waals surface area contributed by atoms with E-state index in [1.807, 2.05) is 39.0 Å². The van der Waals surface area contributed by atoms with Crippen LogP contribution < -0.4 is 15.4 Å². The summed E-state index contributed by atoms with van der Waals surface area (Å²) >= 11 is 0. The first kappa shape index (κ1) is 19.6. The number of hydrogen-bond acceptors (Lipinski definition) is 5. The molecule has 3 saturated heterocycles. The van der Waals surface area contributed by atoms with Crippen LogP contribution in [-0.2, 0) is 9.59 Å². The Morgan fingerprint density at radius 1 is 1.15 bits per heavy atom. The molecule has 3 aliphatic heterocycles. The Morgan fingerprint density at radius 3 is 2.48 bits per heavy atom. The molecule has 3 heterocycles. The van der Waals surface area contributed by atoms with E-state index in [4.69, 9.17) is 4.74 Å². The van der Waals surface area contributed by atoms with Crippen molar-refractivity contribution in [3.8, 4) is 5.75 Å². The normalized spacial score (nSPS) is 22.7. The van der Waals surface area contributed by atoms with Crippen LogP contribution in [0.1, 0.15) is 27.2 Å². The number of fused-ring (bicyclic) bond motifs is 2. The molecule has 0 aromatic heterocycles. The van der Waals surface area contributed by atoms with E-state index < -0.39 is 0 Å². The van der Waals surface area contributed by atoms with Crippen molar-refractivity contribution < 1.29 is 14.3 Å². The summed E-state index contributed by atoms with van der Waals surface area (Å²) in [6, 6.07) is 8.08. The molecule has 148 valence electrons. The fraction of sp³-hybridized carbons (Fsp3) is 0.600. The minimum Gasteiger partial charge on any atom is -0.497 e. The monoisotopic (exact) mass is 374 g/mol. The predicted molar refractivity (Wildman–Crippen MR) is 105 cm³/mol. The molecule has 7 heteroatoms. The Morgan fingerprint density at radius 2 is 1.85 bits per heavy atom. The first-order valence-electron chi connectivity index (χ1n) is 9.46. The molecule has 0 radical (unpaired) electrons. The van der Waals surface area contributed by atoms with E-state index in [1.54, 1.807) is 13.2 Å². The maximum absolute atomic E-state index is 12.3. The number of piperidine rings is 1. The lowest BCUT2D eigenvalue weighted by Gasteiger charge is -2.56. The highest BCUT2D eigenvalue weighted by molar-refractivity contribution is 5.92. The van der Waals surface area contributed by atoms with Crippen LogP contribution >= 0.6 is 0 Å². The second-order valence-electron chi connectivity index (χ2n) is 8.49. The molecule has 0 spiro atoms. The van der Waals surface area contributed by atoms with Crippen LogP contribution in [-0.4, -0.2) is 72.5 Å². The Labute approximate surface area is 161 Å². The van der Waals surface area contributed by atoms with E-state index in [-0.39, 0.29) is 17.4 Å². The number of methoxy groups -OCH3 is 1. The van der Waals surface area contributed by atoms with E-state index in [0.717, 1.165) is 30.9 Å². The van der Waals surface area contributed by atoms with Gasteiger partial charge < -0.3 is 15.4 Å². The zero-order valence-electron chi connectivity index (χ0n) is 16.6. The van der Waals surface area contributed by atoms with E-state index in [2.05, 4.69) is 20.4 Å². The summed E-state index contributed by atoms with van der Waals surface area (Å²) in [6.45, 7) is 8.43. The van der Waals surface area contributed by atoms with Gasteiger partial charge >= 0.3 is 0 Å². The number of anilines is 1. The van der Waals surface area contributed by atoms with Gasteiger partial charge in [0.05, 0.1) is 20.2 Å². The van der Waals surface area contributed by atoms with Gasteiger partial charge in [-0.15, -0.1) is 0 Å². The standard InChI is InChI=1S/C20H30N4O3/c1-20(2,3)22-19(26)13-24-15-9-16(24)11-23(10-15)12-18(25)21-14-6-5-7-17(8-14)27-4/h5-8,15-16H,9-13H2,1-4H3,(H,21,25)(H,22,26). The first-order valence-corrected chi connectivity index (χ1v) is 9.46. The first-order chi connectivity index (χ1) is 12.7. The summed E-state index contributed by atoms with van der Waals surface area (Å²) in [4.78, 5) is 28.9. The Bertz CT molecular complexity index is 689. The van der Waals surface area contributed by atoms with Crippen molar-refractivity contribution in [1.29, 1.82) is 0 Å². The summed E-state index contributed by atoms with van der Waals surface area (Å²) in [5, 5.41) is 5.94. The molecule has 2 unspecified atom stereocenters. The van der Waals surface area contributed by atoms with Gasteiger partial charge in [0, 0.05) is 42.5 Å². The predicted octanol–water partition coefficient (Wildman–Crippen LogP) is 1.31. The topological polar surface area (TPSA) is 73.9 Å². The Balaban J connectivity index is 1.45. The molecule has 4 rings (SSSR count). The number of benzene rings is 1. The number of rotatable bonds is 6. The van der Waals surface area contributed by atoms with Gasteiger partial charge in [0.1, 0.15) is 5.75 Å². The lowest BCUT2D eigenvalue weighted by molar-refractivity contribution is -0.134. The highest BCUT2D eigenvalue weighted by Crippen LogP contribution is 2.31. The van der Waals surface area contributed by atoms with Gasteiger partial charge in [-0.3, -0.25) is 19.4 Å². The van der Waals surface area contributed by atoms with Gasteiger partial charge in [0.15, 0.2) is 0 Å². The zero-order valence-corrected chi connectivity index (χ0v) is 16.6. The van der Waals surface area contributed by atoms with E-state index in [0.29, 0.717) is 25.2 Å². The van der Waals surface area contributed by atoms with Crippen molar-refractivity contribution in [3.05, 3.63) is 24.3 Å². The lowest BCUT2D eigenvalue weighted by Crippen LogP contribution is -2.70. The highest BCUT2D eigenvalue weighted by Gasteiger charge is 2.45. The third-order valence-corrected chi connectivity index (χ3v) is 4.98. The van der Waals surface area contributed by atoms with Crippen LogP contribution in [0.2, 0.25) is 0 Å². The fourth-order valence-corrected chi connectivity index (χ4v) is 3.89. The number of carbonyl (C=O) groups is 2. The molecular formula is C20H30N4O3. The van der Waals surface area contributed by atoms with Crippen LogP contribution in [0.3, 0.4) is 0 Å². The Hall–Kier alpha value is -2.12. The van der Waals surface area contributed by atoms with Gasteiger partial charge in [-0.1, -0.05) is 6.07 Å². The Kier molecular flexibility index (Phi) is 5.72. The smallest absolute Gasteiger partial charge is 0.238 e. The maximum atomic E-state index is 12.3. The molecule has 27 heavy (non-hydrogen) atoms. The molecular weight excluding hydrogens is 344 g/mol. The van der Waals surface area contributed by atoms with Gasteiger partial charge in [-0.25, -0.2) is 0 Å². The molecule has 2 N–H and O–H groups in total. The van der Waals surface area contributed by atoms with Crippen LogP contribution in [0.4, 0.5) is 5.69 Å². The number of nitrogens with zero attached hydrogens (tertiary/aromatic N) is 2. The minimum atomic E-state index is -0.207. The van der Waals surface area contributed by atoms with Crippen molar-refractivity contribution in [1.82, 2.24) is 15.1 Å². The van der Waals surface area contributed by atoms with Crippen LogP contribution in [0, 0.1) is 0 Å². The van der Waals surface area contributed by atoms with Crippen molar-refractivity contribution in [2.75, 3.05) is 38.6 Å². The van der Waals surface area contributed by atoms with Gasteiger partial charge in [-0.2, -0.15) is 0 Å². The van der Waals surface area contributed by atoms with Crippen molar-refractivity contribution >= 4 is 17.5 Å². The molecule has 0 saturated carbocycles. The second kappa shape index (κ2) is 7.86. The third kappa shape index (κ3) is 5.20. The molecule has 2 bridgehead atoms. The van der Waals surface area contributed by atoms with Crippen molar-refractivity contribution in [2.24, 2.45) is 0 Å². The van der Waals surface area contributed by atoms with E-state index >= 15 is 0 Å². The fourth-order valence-electron chi connectivity index (χ4n) is 3.89. The van der Waals surface area contributed by atoms with E-state index in [1.165, 1.54) is 0 Å². The van der Waals surface area contributed by atoms with Crippen LogP contribution in [0.5, 0.6) is 5.75 Å². The highest BCUT2D eigenvalue weighted by atomic mass is 16.5. The number of ether oxygens (including phenoxy) is 1. The number of carbonyl (C=O) groups excluding carboxylic acids is 2. The molecule has 2 amide bonds. The van der Waals surface area contributed by atoms with Crippen LogP contribution in [0.25, 0.3) is 0 Å². The summed E-state index contributed by atoms with van der Waals surface area (Å²) in [7, 11) is 1.61. The average molecular weight is 374 g/mol. The molecule has 7 nitrogen and oxygen atoms in total. The van der Waals surface area contributed by atoms with Crippen LogP contribution in [0.15, 0.2) is 24.3 Å². The quantitative estimate of drug-likeness (QED) is 0.785. The number of amides is 2. The summed E-state index contributed by atoms with van der Waals surface area (Å²) in [5.74, 6) is 0.763. The second-order valence-corrected chi connectivity index (χ2v) is 8.49. The summed E-state index contributed by atoms with van der Waals surface area (Å²) < 4.78 is 5.18. The molecule has 2 atom stereocenters. The van der Waals surface area contributed by atoms with Gasteiger partial charge in [0.2, 0.25) is 11.8 Å². The molecule has 3 aliphatic rings. The SMILES string of the molecule is COc1cccc(NC(=O)CN2CC3CC(C2)N3CC(=O)NC(C)(C)C)c1. The number of piperazine rings is 1. The molecule has 1 aromatic rings. The number of hydrogen-bond donors (Lipinski definition) is 2. The summed E-state index contributed by atoms with van der Waals surface area (Å²) in [5.41, 5.74) is 0.531. The van der Waals surface area contributed by atoms with Gasteiger partial charge in [-0.05, 0) is 39.3 Å². The van der Waals surface area contributed by atoms with Crippen molar-refractivity contribution in [3.63, 3.8) is 0 Å². The van der Waals surface area contributed by atoms with E-state index in [9.17, 15) is 9.59 Å². The zero-order chi connectivity index (χ0) is 19.6. The minimum absolute atomic E-state index is 0.0263. The molecule has 3 fully saturated rings. The van der Waals surface area contributed by atoms with Gasteiger partial charge in [0.25, 0.3) is 0 Å². The molecule has 0 aliphatic carbocycles. The summed E-state index contributed by atoms with van der Waals surface area (Å²) in [6.07, 6.45) is 1.11. The molecule has 1 aromatic carbocycles. The lowest BCUT2D eigenvalue weighted by atomic mass is 9.87. The van der Waals surface area contributed by atoms with Crippen molar-refractivity contribution in [2.45, 2.75) is 44.8 Å². The number of nitrogens with one attached hydrogen (secondary N) is 2.